The first kappa shape index (κ1) is 29.4. The molecule has 2 aromatic rings. The van der Waals surface area contributed by atoms with E-state index in [0.29, 0.717) is 13.0 Å². The number of phenolic OH excluding ortho intramolecular Hbond substituents is 1. The third-order valence-electron chi connectivity index (χ3n) is 7.35. The number of piperazine rings is 1. The number of unbranched alkanes of at least 4 members (excludes halogenated alkanes) is 3. The molecule has 2 heterocycles. The SMILES string of the molecule is CCCCCCOC(=O)N1O[C@@H](CC(C)C)C(=O)N2C1CN(Cc1ccccc1)C(=O)[C@@H]2Cc1ccc(O)cc1. The van der Waals surface area contributed by atoms with Gasteiger partial charge in [0.05, 0.1) is 13.2 Å². The zero-order chi connectivity index (χ0) is 28.6. The number of rotatable bonds is 11. The largest absolute Gasteiger partial charge is 0.508 e. The molecule has 2 aromatic carbocycles. The maximum atomic E-state index is 14.0. The van der Waals surface area contributed by atoms with Crippen LogP contribution in [0.25, 0.3) is 0 Å². The van der Waals surface area contributed by atoms with Crippen molar-refractivity contribution in [3.63, 3.8) is 0 Å². The number of carbonyl (C=O) groups is 3. The van der Waals surface area contributed by atoms with E-state index in [-0.39, 0.29) is 43.1 Å². The van der Waals surface area contributed by atoms with Gasteiger partial charge in [0.1, 0.15) is 11.8 Å². The number of benzene rings is 2. The van der Waals surface area contributed by atoms with Gasteiger partial charge in [0, 0.05) is 13.0 Å². The smallest absolute Gasteiger partial charge is 0.436 e. The normalized spacial score (nSPS) is 21.1. The lowest BCUT2D eigenvalue weighted by molar-refractivity contribution is -0.268. The monoisotopic (exact) mass is 551 g/mol. The van der Waals surface area contributed by atoms with E-state index >= 15 is 0 Å². The van der Waals surface area contributed by atoms with E-state index in [9.17, 15) is 19.5 Å². The molecule has 0 spiro atoms. The molecule has 0 radical (unpaired) electrons. The number of phenols is 1. The Hall–Kier alpha value is -3.59. The van der Waals surface area contributed by atoms with Crippen molar-refractivity contribution in [2.45, 2.75) is 84.2 Å². The van der Waals surface area contributed by atoms with E-state index in [4.69, 9.17) is 9.57 Å². The summed E-state index contributed by atoms with van der Waals surface area (Å²) in [4.78, 5) is 50.5. The summed E-state index contributed by atoms with van der Waals surface area (Å²) < 4.78 is 5.61. The quantitative estimate of drug-likeness (QED) is 0.400. The van der Waals surface area contributed by atoms with Crippen LogP contribution in [0.4, 0.5) is 4.79 Å². The molecular weight excluding hydrogens is 510 g/mol. The van der Waals surface area contributed by atoms with Gasteiger partial charge in [0.15, 0.2) is 12.3 Å². The molecule has 0 aromatic heterocycles. The average Bonchev–Trinajstić information content (AvgIpc) is 2.93. The number of amides is 3. The van der Waals surface area contributed by atoms with Crippen LogP contribution in [0.5, 0.6) is 5.75 Å². The molecule has 2 aliphatic rings. The minimum Gasteiger partial charge on any atom is -0.508 e. The van der Waals surface area contributed by atoms with Gasteiger partial charge in [0.2, 0.25) is 5.91 Å². The number of carbonyl (C=O) groups excluding carboxylic acids is 3. The Labute approximate surface area is 236 Å². The molecule has 1 N–H and O–H groups in total. The van der Waals surface area contributed by atoms with E-state index in [2.05, 4.69) is 6.92 Å². The molecule has 2 aliphatic heterocycles. The molecule has 9 heteroatoms. The van der Waals surface area contributed by atoms with Crippen LogP contribution >= 0.6 is 0 Å². The van der Waals surface area contributed by atoms with Crippen molar-refractivity contribution in [1.29, 1.82) is 0 Å². The maximum Gasteiger partial charge on any atom is 0.436 e. The fourth-order valence-electron chi connectivity index (χ4n) is 5.29. The molecule has 2 saturated heterocycles. The van der Waals surface area contributed by atoms with Gasteiger partial charge in [-0.2, -0.15) is 5.06 Å². The number of ether oxygens (including phenoxy) is 1. The van der Waals surface area contributed by atoms with Crippen molar-refractivity contribution >= 4 is 17.9 Å². The van der Waals surface area contributed by atoms with Crippen LogP contribution in [0.3, 0.4) is 0 Å². The van der Waals surface area contributed by atoms with Crippen molar-refractivity contribution in [2.24, 2.45) is 5.92 Å². The van der Waals surface area contributed by atoms with Crippen LogP contribution in [0.15, 0.2) is 54.6 Å². The summed E-state index contributed by atoms with van der Waals surface area (Å²) in [5.41, 5.74) is 1.74. The second-order valence-corrected chi connectivity index (χ2v) is 11.0. The number of hydrogen-bond donors (Lipinski definition) is 1. The van der Waals surface area contributed by atoms with Crippen LogP contribution in [0.1, 0.15) is 64.0 Å². The van der Waals surface area contributed by atoms with Gasteiger partial charge in [-0.15, -0.1) is 0 Å². The van der Waals surface area contributed by atoms with Gasteiger partial charge in [-0.1, -0.05) is 82.5 Å². The third-order valence-corrected chi connectivity index (χ3v) is 7.35. The Bertz CT molecular complexity index is 1140. The summed E-state index contributed by atoms with van der Waals surface area (Å²) in [6, 6.07) is 15.4. The second kappa shape index (κ2) is 13.7. The fraction of sp³-hybridized carbons (Fsp3) is 0.516. The van der Waals surface area contributed by atoms with Gasteiger partial charge in [-0.3, -0.25) is 14.4 Å². The Morgan fingerprint density at radius 3 is 2.40 bits per heavy atom. The number of nitrogens with zero attached hydrogens (tertiary/aromatic N) is 3. The van der Waals surface area contributed by atoms with Crippen molar-refractivity contribution < 1.29 is 29.1 Å². The molecule has 0 bridgehead atoms. The predicted molar refractivity (Wildman–Crippen MR) is 150 cm³/mol. The number of aromatic hydroxyl groups is 1. The standard InChI is InChI=1S/C31H41N3O6/c1-4-5-6-10-17-39-31(38)34-28-21-32(20-24-11-8-7-9-12-24)29(36)26(19-23-13-15-25(35)16-14-23)33(28)30(37)27(40-34)18-22(2)3/h7-9,11-16,22,26-28,35H,4-6,10,17-21H2,1-3H3/t26-,27-,28?/m0/s1. The van der Waals surface area contributed by atoms with E-state index in [1.54, 1.807) is 29.2 Å². The molecule has 40 heavy (non-hydrogen) atoms. The highest BCUT2D eigenvalue weighted by Crippen LogP contribution is 2.32. The van der Waals surface area contributed by atoms with E-state index in [1.165, 1.54) is 9.96 Å². The Morgan fingerprint density at radius 1 is 1.00 bits per heavy atom. The minimum atomic E-state index is -0.903. The topological polar surface area (TPSA) is 99.6 Å². The van der Waals surface area contributed by atoms with Crippen LogP contribution in [0.2, 0.25) is 0 Å². The zero-order valence-corrected chi connectivity index (χ0v) is 23.7. The van der Waals surface area contributed by atoms with Crippen molar-refractivity contribution in [3.8, 4) is 5.75 Å². The molecule has 0 aliphatic carbocycles. The van der Waals surface area contributed by atoms with Crippen LogP contribution in [0, 0.1) is 5.92 Å². The summed E-state index contributed by atoms with van der Waals surface area (Å²) >= 11 is 0. The van der Waals surface area contributed by atoms with Crippen molar-refractivity contribution in [3.05, 3.63) is 65.7 Å². The molecule has 3 amide bonds. The number of hydrogen-bond acceptors (Lipinski definition) is 6. The highest BCUT2D eigenvalue weighted by atomic mass is 16.7. The summed E-state index contributed by atoms with van der Waals surface area (Å²) in [5.74, 6) is -0.251. The van der Waals surface area contributed by atoms with E-state index < -0.39 is 24.4 Å². The van der Waals surface area contributed by atoms with Crippen LogP contribution in [-0.4, -0.2) is 69.3 Å². The average molecular weight is 552 g/mol. The first-order valence-corrected chi connectivity index (χ1v) is 14.3. The molecule has 0 saturated carbocycles. The zero-order valence-electron chi connectivity index (χ0n) is 23.7. The first-order chi connectivity index (χ1) is 19.3. The van der Waals surface area contributed by atoms with Gasteiger partial charge >= 0.3 is 6.09 Å². The highest BCUT2D eigenvalue weighted by molar-refractivity contribution is 5.92. The lowest BCUT2D eigenvalue weighted by Crippen LogP contribution is -2.73. The lowest BCUT2D eigenvalue weighted by Gasteiger charge is -2.52. The molecule has 2 fully saturated rings. The number of fused-ring (bicyclic) bond motifs is 1. The van der Waals surface area contributed by atoms with Crippen molar-refractivity contribution in [1.82, 2.24) is 14.9 Å². The Balaban J connectivity index is 1.66. The first-order valence-electron chi connectivity index (χ1n) is 14.3. The van der Waals surface area contributed by atoms with E-state index in [1.807, 2.05) is 44.2 Å². The van der Waals surface area contributed by atoms with Crippen molar-refractivity contribution in [2.75, 3.05) is 13.2 Å². The maximum absolute atomic E-state index is 14.0. The van der Waals surface area contributed by atoms with Crippen LogP contribution < -0.4 is 0 Å². The van der Waals surface area contributed by atoms with Gasteiger partial charge < -0.3 is 19.6 Å². The highest BCUT2D eigenvalue weighted by Gasteiger charge is 2.53. The Kier molecular flexibility index (Phi) is 10.0. The number of hydroxylamine groups is 2. The third kappa shape index (κ3) is 7.13. The summed E-state index contributed by atoms with van der Waals surface area (Å²) in [5, 5.41) is 11.0. The second-order valence-electron chi connectivity index (χ2n) is 11.0. The summed E-state index contributed by atoms with van der Waals surface area (Å²) in [6.45, 7) is 6.78. The molecule has 1 unspecified atom stereocenters. The van der Waals surface area contributed by atoms with Crippen LogP contribution in [-0.2, 0) is 32.1 Å². The molecule has 3 atom stereocenters. The molecular formula is C31H41N3O6. The minimum absolute atomic E-state index is 0.102. The molecule has 216 valence electrons. The molecule has 9 nitrogen and oxygen atoms in total. The van der Waals surface area contributed by atoms with Gasteiger partial charge in [-0.05, 0) is 42.0 Å². The van der Waals surface area contributed by atoms with Gasteiger partial charge in [0.25, 0.3) is 5.91 Å². The summed E-state index contributed by atoms with van der Waals surface area (Å²) in [6.07, 6.45) is 2.10. The molecule has 4 rings (SSSR count). The Morgan fingerprint density at radius 2 is 1.73 bits per heavy atom. The predicted octanol–water partition coefficient (Wildman–Crippen LogP) is 4.88. The lowest BCUT2D eigenvalue weighted by atomic mass is 9.96. The van der Waals surface area contributed by atoms with Gasteiger partial charge in [-0.25, -0.2) is 4.79 Å². The van der Waals surface area contributed by atoms with E-state index in [0.717, 1.165) is 36.8 Å². The summed E-state index contributed by atoms with van der Waals surface area (Å²) in [7, 11) is 0. The fourth-order valence-corrected chi connectivity index (χ4v) is 5.29.